The molecule has 0 radical (unpaired) electrons. The van der Waals surface area contributed by atoms with Crippen LogP contribution in [-0.2, 0) is 7.05 Å². The van der Waals surface area contributed by atoms with E-state index in [-0.39, 0.29) is 6.61 Å². The summed E-state index contributed by atoms with van der Waals surface area (Å²) in [4.78, 5) is 2.11. The van der Waals surface area contributed by atoms with E-state index in [9.17, 15) is 0 Å². The predicted octanol–water partition coefficient (Wildman–Crippen LogP) is 2.75. The van der Waals surface area contributed by atoms with E-state index in [1.807, 2.05) is 60.3 Å². The second kappa shape index (κ2) is 7.50. The molecule has 21 heavy (non-hydrogen) atoms. The molecule has 0 bridgehead atoms. The van der Waals surface area contributed by atoms with Crippen LogP contribution < -0.4 is 9.47 Å². The molecule has 0 aliphatic carbocycles. The molecule has 0 unspecified atom stereocenters. The van der Waals surface area contributed by atoms with E-state index in [0.29, 0.717) is 6.54 Å². The van der Waals surface area contributed by atoms with Crippen LogP contribution in [0.25, 0.3) is 0 Å². The van der Waals surface area contributed by atoms with Crippen LogP contribution in [0.5, 0.6) is 0 Å². The van der Waals surface area contributed by atoms with Crippen molar-refractivity contribution in [2.45, 2.75) is 6.92 Å². The zero-order valence-electron chi connectivity index (χ0n) is 12.5. The number of aryl methyl sites for hydroxylation is 1. The van der Waals surface area contributed by atoms with Gasteiger partial charge in [-0.2, -0.15) is 0 Å². The van der Waals surface area contributed by atoms with Crippen molar-refractivity contribution in [3.8, 4) is 0 Å². The molecule has 110 valence electrons. The van der Waals surface area contributed by atoms with Gasteiger partial charge >= 0.3 is 5.82 Å². The van der Waals surface area contributed by atoms with Gasteiger partial charge in [0.2, 0.25) is 0 Å². The third kappa shape index (κ3) is 4.10. The number of pyridine rings is 1. The van der Waals surface area contributed by atoms with Crippen molar-refractivity contribution in [1.82, 2.24) is 0 Å². The van der Waals surface area contributed by atoms with Crippen molar-refractivity contribution in [3.05, 3.63) is 48.7 Å². The highest BCUT2D eigenvalue weighted by Gasteiger charge is 2.05. The lowest BCUT2D eigenvalue weighted by molar-refractivity contribution is -0.658. The average molecular weight is 285 g/mol. The minimum atomic E-state index is 0.153. The molecule has 2 aromatic rings. The Morgan fingerprint density at radius 3 is 2.48 bits per heavy atom. The van der Waals surface area contributed by atoms with Crippen LogP contribution in [0.1, 0.15) is 6.92 Å². The van der Waals surface area contributed by atoms with Gasteiger partial charge in [0.1, 0.15) is 5.69 Å². The number of hydrogen-bond donors (Lipinski definition) is 1. The van der Waals surface area contributed by atoms with Gasteiger partial charge in [-0.3, -0.25) is 0 Å². The van der Waals surface area contributed by atoms with Gasteiger partial charge in [-0.15, -0.1) is 0 Å². The van der Waals surface area contributed by atoms with Gasteiger partial charge in [-0.05, 0) is 42.4 Å². The van der Waals surface area contributed by atoms with Gasteiger partial charge in [0.05, 0.1) is 25.0 Å². The van der Waals surface area contributed by atoms with E-state index in [4.69, 9.17) is 5.11 Å². The summed E-state index contributed by atoms with van der Waals surface area (Å²) >= 11 is 0. The summed E-state index contributed by atoms with van der Waals surface area (Å²) in [5, 5.41) is 17.5. The van der Waals surface area contributed by atoms with Gasteiger partial charge in [-0.25, -0.2) is 4.57 Å². The quantitative estimate of drug-likeness (QED) is 0.655. The molecule has 1 aromatic carbocycles. The first-order valence-electron chi connectivity index (χ1n) is 7.07. The van der Waals surface area contributed by atoms with Crippen LogP contribution >= 0.6 is 0 Å². The van der Waals surface area contributed by atoms with Crippen molar-refractivity contribution in [2.24, 2.45) is 17.3 Å². The molecular weight excluding hydrogens is 264 g/mol. The Kier molecular flexibility index (Phi) is 5.40. The van der Waals surface area contributed by atoms with E-state index < -0.39 is 0 Å². The van der Waals surface area contributed by atoms with E-state index in [1.54, 1.807) is 0 Å². The summed E-state index contributed by atoms with van der Waals surface area (Å²) in [5.41, 5.74) is 1.89. The van der Waals surface area contributed by atoms with E-state index >= 15 is 0 Å². The number of rotatable bonds is 6. The molecule has 5 nitrogen and oxygen atoms in total. The van der Waals surface area contributed by atoms with E-state index in [2.05, 4.69) is 22.1 Å². The lowest BCUT2D eigenvalue weighted by Crippen LogP contribution is -2.26. The Bertz CT molecular complexity index is 595. The number of aliphatic hydroxyl groups excluding tert-OH is 1. The molecule has 0 saturated heterocycles. The van der Waals surface area contributed by atoms with Crippen LogP contribution in [0.3, 0.4) is 0 Å². The molecule has 0 spiro atoms. The first-order chi connectivity index (χ1) is 10.2. The predicted molar refractivity (Wildman–Crippen MR) is 83.2 cm³/mol. The maximum Gasteiger partial charge on any atom is 0.350 e. The molecule has 0 saturated carbocycles. The molecule has 1 heterocycles. The van der Waals surface area contributed by atoms with Crippen LogP contribution in [0, 0.1) is 0 Å². The summed E-state index contributed by atoms with van der Waals surface area (Å²) in [7, 11) is 1.94. The minimum Gasteiger partial charge on any atom is -0.395 e. The minimum absolute atomic E-state index is 0.153. The van der Waals surface area contributed by atoms with Crippen molar-refractivity contribution >= 4 is 17.2 Å². The molecule has 0 aliphatic rings. The number of anilines is 1. The first-order valence-corrected chi connectivity index (χ1v) is 7.07. The maximum atomic E-state index is 9.04. The molecule has 1 aromatic heterocycles. The average Bonchev–Trinajstić information content (AvgIpc) is 2.52. The molecule has 0 amide bonds. The fourth-order valence-corrected chi connectivity index (χ4v) is 2.05. The third-order valence-corrected chi connectivity index (χ3v) is 3.26. The lowest BCUT2D eigenvalue weighted by Gasteiger charge is -2.21. The SMILES string of the molecule is CCN(CCO)c1ccc(/N=N\c2cccc[n+]2C)cc1. The van der Waals surface area contributed by atoms with E-state index in [0.717, 1.165) is 23.7 Å². The summed E-state index contributed by atoms with van der Waals surface area (Å²) in [6, 6.07) is 13.7. The van der Waals surface area contributed by atoms with Gasteiger partial charge in [0, 0.05) is 24.8 Å². The van der Waals surface area contributed by atoms with Gasteiger partial charge < -0.3 is 10.0 Å². The zero-order chi connectivity index (χ0) is 15.1. The number of hydrogen-bond acceptors (Lipinski definition) is 4. The van der Waals surface area contributed by atoms with Crippen molar-refractivity contribution in [2.75, 3.05) is 24.6 Å². The Morgan fingerprint density at radius 2 is 1.86 bits per heavy atom. The first kappa shape index (κ1) is 15.1. The monoisotopic (exact) mass is 285 g/mol. The number of aromatic nitrogens is 1. The fourth-order valence-electron chi connectivity index (χ4n) is 2.05. The molecule has 0 fully saturated rings. The highest BCUT2D eigenvalue weighted by Crippen LogP contribution is 2.21. The Balaban J connectivity index is 2.11. The van der Waals surface area contributed by atoms with Gasteiger partial charge in [0.25, 0.3) is 0 Å². The molecular formula is C16H21N4O+. The molecule has 0 aliphatic heterocycles. The number of azo groups is 1. The van der Waals surface area contributed by atoms with Gasteiger partial charge in [-0.1, -0.05) is 6.07 Å². The van der Waals surface area contributed by atoms with E-state index in [1.165, 1.54) is 0 Å². The summed E-state index contributed by atoms with van der Waals surface area (Å²) < 4.78 is 1.91. The highest BCUT2D eigenvalue weighted by molar-refractivity contribution is 5.52. The normalized spacial score (nSPS) is 11.0. The van der Waals surface area contributed by atoms with Crippen molar-refractivity contribution in [3.63, 3.8) is 0 Å². The summed E-state index contributed by atoms with van der Waals surface area (Å²) in [6.07, 6.45) is 1.94. The van der Waals surface area contributed by atoms with Crippen molar-refractivity contribution in [1.29, 1.82) is 0 Å². The second-order valence-electron chi connectivity index (χ2n) is 4.69. The standard InChI is InChI=1S/C16H21N4O/c1-3-20(12-13-21)15-9-7-14(8-10-15)17-18-16-6-4-5-11-19(16)2/h4-11,21H,3,12-13H2,1-2H3/q+1. The van der Waals surface area contributed by atoms with Crippen LogP contribution in [0.4, 0.5) is 17.2 Å². The van der Waals surface area contributed by atoms with Crippen LogP contribution in [-0.4, -0.2) is 24.8 Å². The summed E-state index contributed by atoms with van der Waals surface area (Å²) in [6.45, 7) is 3.72. The van der Waals surface area contributed by atoms with Gasteiger partial charge in [0.15, 0.2) is 0 Å². The smallest absolute Gasteiger partial charge is 0.350 e. The maximum absolute atomic E-state index is 9.04. The Labute approximate surface area is 125 Å². The number of nitrogens with zero attached hydrogens (tertiary/aromatic N) is 4. The topological polar surface area (TPSA) is 52.1 Å². The van der Waals surface area contributed by atoms with Crippen LogP contribution in [0.15, 0.2) is 58.9 Å². The third-order valence-electron chi connectivity index (χ3n) is 3.26. The fraction of sp³-hybridized carbons (Fsp3) is 0.312. The Morgan fingerprint density at radius 1 is 1.10 bits per heavy atom. The Hall–Kier alpha value is -2.27. The molecule has 0 atom stereocenters. The number of benzene rings is 1. The largest absolute Gasteiger partial charge is 0.395 e. The zero-order valence-corrected chi connectivity index (χ0v) is 12.5. The molecule has 1 N–H and O–H groups in total. The molecule has 2 rings (SSSR count). The van der Waals surface area contributed by atoms with Crippen molar-refractivity contribution < 1.29 is 9.67 Å². The lowest BCUT2D eigenvalue weighted by atomic mass is 10.2. The second-order valence-corrected chi connectivity index (χ2v) is 4.69. The van der Waals surface area contributed by atoms with Crippen LogP contribution in [0.2, 0.25) is 0 Å². The molecule has 5 heteroatoms. The number of likely N-dealkylation sites (N-methyl/N-ethyl adjacent to an activating group) is 1. The summed E-state index contributed by atoms with van der Waals surface area (Å²) in [5.74, 6) is 0.803. The highest BCUT2D eigenvalue weighted by atomic mass is 16.3. The number of aliphatic hydroxyl groups is 1.